The molecule has 0 amide bonds. The van der Waals surface area contributed by atoms with Gasteiger partial charge in [-0.25, -0.2) is 4.39 Å². The molecule has 0 bridgehead atoms. The van der Waals surface area contributed by atoms with Crippen molar-refractivity contribution < 1.29 is 18.6 Å². The highest BCUT2D eigenvalue weighted by atomic mass is 19.1. The number of nitrogens with two attached hydrogens (primary N) is 1. The fourth-order valence-electron chi connectivity index (χ4n) is 1.48. The quantitative estimate of drug-likeness (QED) is 0.583. The minimum atomic E-state index is -0.485. The van der Waals surface area contributed by atoms with Crippen LogP contribution in [0.15, 0.2) is 12.1 Å². The molecule has 0 saturated heterocycles. The van der Waals surface area contributed by atoms with Crippen LogP contribution >= 0.6 is 0 Å². The van der Waals surface area contributed by atoms with Gasteiger partial charge < -0.3 is 19.9 Å². The largest absolute Gasteiger partial charge is 0.489 e. The van der Waals surface area contributed by atoms with Gasteiger partial charge in [0.2, 0.25) is 0 Å². The van der Waals surface area contributed by atoms with Gasteiger partial charge in [-0.1, -0.05) is 6.92 Å². The first kappa shape index (κ1) is 15.6. The maximum Gasteiger partial charge on any atom is 0.167 e. The van der Waals surface area contributed by atoms with Crippen LogP contribution in [0.5, 0.6) is 11.5 Å². The van der Waals surface area contributed by atoms with Gasteiger partial charge in [0.1, 0.15) is 12.4 Å². The van der Waals surface area contributed by atoms with Crippen LogP contribution in [0.25, 0.3) is 0 Å². The zero-order valence-electron chi connectivity index (χ0n) is 11.7. The van der Waals surface area contributed by atoms with Crippen molar-refractivity contribution in [1.29, 1.82) is 0 Å². The molecule has 5 heteroatoms. The Balaban J connectivity index is 2.61. The Morgan fingerprint density at radius 3 is 2.53 bits per heavy atom. The van der Waals surface area contributed by atoms with E-state index in [-0.39, 0.29) is 17.5 Å². The highest BCUT2D eigenvalue weighted by Crippen LogP contribution is 2.30. The molecule has 19 heavy (non-hydrogen) atoms. The smallest absolute Gasteiger partial charge is 0.167 e. The van der Waals surface area contributed by atoms with E-state index in [1.165, 1.54) is 12.1 Å². The average molecular weight is 271 g/mol. The summed E-state index contributed by atoms with van der Waals surface area (Å²) in [6.45, 7) is 7.24. The SMILES string of the molecule is CCCOCCOc1cc(OC(C)C)c(F)cc1N. The van der Waals surface area contributed by atoms with Gasteiger partial charge in [-0.05, 0) is 20.3 Å². The lowest BCUT2D eigenvalue weighted by atomic mass is 10.2. The standard InChI is InChI=1S/C14H22FNO3/c1-4-5-17-6-7-18-14-9-13(19-10(2)3)11(15)8-12(14)16/h8-10H,4-7,16H2,1-3H3. The van der Waals surface area contributed by atoms with Crippen molar-refractivity contribution in [1.82, 2.24) is 0 Å². The second-order valence-electron chi connectivity index (χ2n) is 4.45. The highest BCUT2D eigenvalue weighted by molar-refractivity contribution is 5.56. The predicted octanol–water partition coefficient (Wildman–Crippen LogP) is 3.00. The predicted molar refractivity (Wildman–Crippen MR) is 73.2 cm³/mol. The molecule has 0 fully saturated rings. The van der Waals surface area contributed by atoms with Crippen molar-refractivity contribution in [3.05, 3.63) is 17.9 Å². The molecule has 0 unspecified atom stereocenters. The van der Waals surface area contributed by atoms with Crippen LogP contribution in [-0.2, 0) is 4.74 Å². The molecule has 0 aromatic heterocycles. The van der Waals surface area contributed by atoms with E-state index in [0.29, 0.717) is 25.6 Å². The maximum atomic E-state index is 13.6. The Kier molecular flexibility index (Phi) is 6.42. The zero-order valence-corrected chi connectivity index (χ0v) is 11.7. The molecule has 1 rings (SSSR count). The average Bonchev–Trinajstić information content (AvgIpc) is 2.33. The number of ether oxygens (including phenoxy) is 3. The minimum absolute atomic E-state index is 0.112. The fourth-order valence-corrected chi connectivity index (χ4v) is 1.48. The molecule has 0 aliphatic carbocycles. The van der Waals surface area contributed by atoms with E-state index in [4.69, 9.17) is 19.9 Å². The summed E-state index contributed by atoms with van der Waals surface area (Å²) in [7, 11) is 0. The molecule has 1 aromatic rings. The van der Waals surface area contributed by atoms with Gasteiger partial charge in [-0.2, -0.15) is 0 Å². The van der Waals surface area contributed by atoms with Crippen molar-refractivity contribution in [2.24, 2.45) is 0 Å². The lowest BCUT2D eigenvalue weighted by molar-refractivity contribution is 0.101. The van der Waals surface area contributed by atoms with Crippen molar-refractivity contribution >= 4 is 5.69 Å². The molecule has 0 radical (unpaired) electrons. The molecule has 0 aliphatic heterocycles. The summed E-state index contributed by atoms with van der Waals surface area (Å²) in [5.41, 5.74) is 5.95. The lowest BCUT2D eigenvalue weighted by Crippen LogP contribution is -2.10. The van der Waals surface area contributed by atoms with Crippen LogP contribution in [0.1, 0.15) is 27.2 Å². The third kappa shape index (κ3) is 5.34. The fraction of sp³-hybridized carbons (Fsp3) is 0.571. The van der Waals surface area contributed by atoms with Crippen molar-refractivity contribution in [3.63, 3.8) is 0 Å². The molecule has 2 N–H and O–H groups in total. The van der Waals surface area contributed by atoms with Gasteiger partial charge >= 0.3 is 0 Å². The van der Waals surface area contributed by atoms with Gasteiger partial charge in [0.25, 0.3) is 0 Å². The van der Waals surface area contributed by atoms with Crippen LogP contribution < -0.4 is 15.2 Å². The highest BCUT2D eigenvalue weighted by Gasteiger charge is 2.11. The second-order valence-corrected chi connectivity index (χ2v) is 4.45. The first-order valence-electron chi connectivity index (χ1n) is 6.50. The normalized spacial score (nSPS) is 10.8. The van der Waals surface area contributed by atoms with Gasteiger partial charge in [0.05, 0.1) is 18.4 Å². The molecule has 4 nitrogen and oxygen atoms in total. The van der Waals surface area contributed by atoms with Crippen LogP contribution in [-0.4, -0.2) is 25.9 Å². The van der Waals surface area contributed by atoms with Crippen molar-refractivity contribution in [2.45, 2.75) is 33.3 Å². The Labute approximate surface area is 113 Å². The number of nitrogen functional groups attached to an aromatic ring is 1. The Morgan fingerprint density at radius 2 is 1.89 bits per heavy atom. The van der Waals surface area contributed by atoms with Gasteiger partial charge in [0.15, 0.2) is 11.6 Å². The first-order chi connectivity index (χ1) is 9.04. The molecular formula is C14H22FNO3. The van der Waals surface area contributed by atoms with E-state index in [0.717, 1.165) is 6.42 Å². The molecule has 0 spiro atoms. The number of benzene rings is 1. The summed E-state index contributed by atoms with van der Waals surface area (Å²) in [4.78, 5) is 0. The third-order valence-corrected chi connectivity index (χ3v) is 2.26. The molecule has 0 atom stereocenters. The van der Waals surface area contributed by atoms with Gasteiger partial charge in [0, 0.05) is 18.7 Å². The number of anilines is 1. The summed E-state index contributed by atoms with van der Waals surface area (Å²) in [6, 6.07) is 2.68. The van der Waals surface area contributed by atoms with E-state index in [1.54, 1.807) is 0 Å². The van der Waals surface area contributed by atoms with Gasteiger partial charge in [-0.15, -0.1) is 0 Å². The van der Waals surface area contributed by atoms with Crippen LogP contribution in [0.4, 0.5) is 10.1 Å². The third-order valence-electron chi connectivity index (χ3n) is 2.26. The number of halogens is 1. The second kappa shape index (κ2) is 7.84. The Bertz CT molecular complexity index is 397. The van der Waals surface area contributed by atoms with Crippen LogP contribution in [0, 0.1) is 5.82 Å². The minimum Gasteiger partial charge on any atom is -0.489 e. The van der Waals surface area contributed by atoms with E-state index < -0.39 is 5.82 Å². The van der Waals surface area contributed by atoms with Crippen molar-refractivity contribution in [3.8, 4) is 11.5 Å². The summed E-state index contributed by atoms with van der Waals surface area (Å²) in [6.07, 6.45) is 0.851. The van der Waals surface area contributed by atoms with Crippen LogP contribution in [0.2, 0.25) is 0 Å². The Morgan fingerprint density at radius 1 is 1.16 bits per heavy atom. The summed E-state index contributed by atoms with van der Waals surface area (Å²) in [5.74, 6) is 0.0756. The molecule has 108 valence electrons. The number of hydrogen-bond acceptors (Lipinski definition) is 4. The summed E-state index contributed by atoms with van der Waals surface area (Å²) in [5, 5.41) is 0. The molecule has 0 heterocycles. The lowest BCUT2D eigenvalue weighted by Gasteiger charge is -2.14. The Hall–Kier alpha value is -1.49. The molecule has 0 saturated carbocycles. The summed E-state index contributed by atoms with van der Waals surface area (Å²) >= 11 is 0. The number of hydrogen-bond donors (Lipinski definition) is 1. The monoisotopic (exact) mass is 271 g/mol. The van der Waals surface area contributed by atoms with E-state index in [1.807, 2.05) is 20.8 Å². The molecular weight excluding hydrogens is 249 g/mol. The number of rotatable bonds is 8. The topological polar surface area (TPSA) is 53.7 Å². The first-order valence-corrected chi connectivity index (χ1v) is 6.50. The molecule has 1 aromatic carbocycles. The van der Waals surface area contributed by atoms with Crippen molar-refractivity contribution in [2.75, 3.05) is 25.6 Å². The maximum absolute atomic E-state index is 13.6. The van der Waals surface area contributed by atoms with E-state index in [9.17, 15) is 4.39 Å². The van der Waals surface area contributed by atoms with Gasteiger partial charge in [-0.3, -0.25) is 0 Å². The molecule has 0 aliphatic rings. The van der Waals surface area contributed by atoms with Crippen LogP contribution in [0.3, 0.4) is 0 Å². The van der Waals surface area contributed by atoms with E-state index in [2.05, 4.69) is 0 Å². The summed E-state index contributed by atoms with van der Waals surface area (Å²) < 4.78 is 29.7. The zero-order chi connectivity index (χ0) is 14.3. The van der Waals surface area contributed by atoms with E-state index >= 15 is 0 Å².